The Balaban J connectivity index is 1.39. The second-order valence-corrected chi connectivity index (χ2v) is 8.19. The number of carbonyl (C=O) groups is 1. The number of rotatable bonds is 4. The summed E-state index contributed by atoms with van der Waals surface area (Å²) < 4.78 is 5.38. The number of nitrogens with zero attached hydrogens (tertiary/aromatic N) is 5. The molecular weight excluding hydrogens is 406 g/mol. The Labute approximate surface area is 187 Å². The molecule has 1 aromatic heterocycles. The van der Waals surface area contributed by atoms with Crippen LogP contribution < -0.4 is 4.90 Å². The smallest absolute Gasteiger partial charge is 0.257 e. The molecule has 2 aliphatic rings. The van der Waals surface area contributed by atoms with Gasteiger partial charge >= 0.3 is 0 Å². The Kier molecular flexibility index (Phi) is 5.87. The van der Waals surface area contributed by atoms with Crippen molar-refractivity contribution in [3.8, 4) is 5.75 Å². The first-order valence-electron chi connectivity index (χ1n) is 11.1. The molecule has 8 heteroatoms. The molecule has 0 saturated carbocycles. The summed E-state index contributed by atoms with van der Waals surface area (Å²) in [5.41, 5.74) is 1.18. The second kappa shape index (κ2) is 9.10. The predicted octanol–water partition coefficient (Wildman–Crippen LogP) is 2.13. The number of aromatic hydroxyl groups is 1. The van der Waals surface area contributed by atoms with Crippen molar-refractivity contribution < 1.29 is 14.6 Å². The number of phenolic OH excluding ortho intramolecular Hbond substituents is 1. The molecule has 0 radical (unpaired) electrons. The third kappa shape index (κ3) is 4.11. The standard InChI is InChI=1S/C24H27N5O3/c30-22-20(23(31)28-12-14-32-15-13-28)16-18-4-1-2-5-19(18)21(22)17-27-8-10-29(11-9-27)24-25-6-3-7-26-24/h1-7,16,30H,8-15,17H2. The molecule has 166 valence electrons. The van der Waals surface area contributed by atoms with E-state index in [9.17, 15) is 9.90 Å². The molecule has 0 aliphatic carbocycles. The monoisotopic (exact) mass is 433 g/mol. The third-order valence-corrected chi connectivity index (χ3v) is 6.24. The van der Waals surface area contributed by atoms with Crippen molar-refractivity contribution in [2.75, 3.05) is 57.4 Å². The van der Waals surface area contributed by atoms with Crippen LogP contribution in [-0.4, -0.2) is 83.3 Å². The summed E-state index contributed by atoms with van der Waals surface area (Å²) in [6, 6.07) is 11.6. The number of anilines is 1. The van der Waals surface area contributed by atoms with Crippen LogP contribution in [0.2, 0.25) is 0 Å². The Morgan fingerprint density at radius 1 is 0.969 bits per heavy atom. The SMILES string of the molecule is O=C(c1cc2ccccc2c(CN2CCN(c3ncccn3)CC2)c1O)N1CCOCC1. The van der Waals surface area contributed by atoms with Crippen LogP contribution in [0.1, 0.15) is 15.9 Å². The van der Waals surface area contributed by atoms with E-state index in [-0.39, 0.29) is 11.7 Å². The van der Waals surface area contributed by atoms with Gasteiger partial charge in [0.25, 0.3) is 5.91 Å². The zero-order chi connectivity index (χ0) is 21.9. The van der Waals surface area contributed by atoms with Crippen LogP contribution in [-0.2, 0) is 11.3 Å². The van der Waals surface area contributed by atoms with Gasteiger partial charge in [0.1, 0.15) is 5.75 Å². The topological polar surface area (TPSA) is 82.0 Å². The van der Waals surface area contributed by atoms with Crippen molar-refractivity contribution in [2.45, 2.75) is 6.54 Å². The van der Waals surface area contributed by atoms with Crippen LogP contribution in [0.3, 0.4) is 0 Å². The minimum absolute atomic E-state index is 0.0917. The van der Waals surface area contributed by atoms with E-state index in [1.807, 2.05) is 36.4 Å². The van der Waals surface area contributed by atoms with Gasteiger partial charge in [-0.05, 0) is 22.9 Å². The zero-order valence-corrected chi connectivity index (χ0v) is 18.0. The second-order valence-electron chi connectivity index (χ2n) is 8.19. The summed E-state index contributed by atoms with van der Waals surface area (Å²) in [5, 5.41) is 13.2. The first kappa shape index (κ1) is 20.7. The van der Waals surface area contributed by atoms with Crippen LogP contribution in [0.15, 0.2) is 48.8 Å². The number of morpholine rings is 1. The Bertz CT molecular complexity index is 1090. The molecule has 1 N–H and O–H groups in total. The highest BCUT2D eigenvalue weighted by Gasteiger charge is 2.26. The molecule has 3 aromatic rings. The molecule has 2 fully saturated rings. The maximum atomic E-state index is 13.2. The van der Waals surface area contributed by atoms with Gasteiger partial charge in [-0.3, -0.25) is 9.69 Å². The minimum atomic E-state index is -0.135. The molecule has 32 heavy (non-hydrogen) atoms. The fraction of sp³-hybridized carbons (Fsp3) is 0.375. The Morgan fingerprint density at radius 2 is 1.69 bits per heavy atom. The van der Waals surface area contributed by atoms with E-state index < -0.39 is 0 Å². The van der Waals surface area contributed by atoms with Gasteiger partial charge in [-0.2, -0.15) is 0 Å². The number of fused-ring (bicyclic) bond motifs is 1. The molecule has 8 nitrogen and oxygen atoms in total. The highest BCUT2D eigenvalue weighted by atomic mass is 16.5. The van der Waals surface area contributed by atoms with Gasteiger partial charge in [0.2, 0.25) is 5.95 Å². The molecule has 0 spiro atoms. The molecular formula is C24H27N5O3. The lowest BCUT2D eigenvalue weighted by atomic mass is 9.97. The van der Waals surface area contributed by atoms with E-state index in [2.05, 4.69) is 19.8 Å². The van der Waals surface area contributed by atoms with E-state index >= 15 is 0 Å². The van der Waals surface area contributed by atoms with Crippen LogP contribution in [0.25, 0.3) is 10.8 Å². The van der Waals surface area contributed by atoms with E-state index in [1.54, 1.807) is 17.3 Å². The van der Waals surface area contributed by atoms with Crippen LogP contribution in [0, 0.1) is 0 Å². The molecule has 5 rings (SSSR count). The number of aromatic nitrogens is 2. The van der Waals surface area contributed by atoms with Crippen molar-refractivity contribution in [3.63, 3.8) is 0 Å². The highest BCUT2D eigenvalue weighted by molar-refractivity contribution is 6.03. The first-order chi connectivity index (χ1) is 15.7. The lowest BCUT2D eigenvalue weighted by molar-refractivity contribution is 0.0301. The molecule has 2 aliphatic heterocycles. The van der Waals surface area contributed by atoms with Gasteiger partial charge in [-0.1, -0.05) is 24.3 Å². The fourth-order valence-electron chi connectivity index (χ4n) is 4.46. The number of benzene rings is 2. The van der Waals surface area contributed by atoms with Gasteiger partial charge in [0.15, 0.2) is 0 Å². The van der Waals surface area contributed by atoms with Gasteiger partial charge < -0.3 is 19.6 Å². The van der Waals surface area contributed by atoms with Crippen molar-refractivity contribution >= 4 is 22.6 Å². The van der Waals surface area contributed by atoms with Crippen molar-refractivity contribution in [1.82, 2.24) is 19.8 Å². The molecule has 0 atom stereocenters. The van der Waals surface area contributed by atoms with E-state index in [1.165, 1.54) is 0 Å². The van der Waals surface area contributed by atoms with Gasteiger partial charge in [0.05, 0.1) is 18.8 Å². The lowest BCUT2D eigenvalue weighted by Gasteiger charge is -2.35. The summed E-state index contributed by atoms with van der Waals surface area (Å²) in [6.45, 7) is 6.02. The molecule has 3 heterocycles. The quantitative estimate of drug-likeness (QED) is 0.675. The number of carbonyl (C=O) groups excluding carboxylic acids is 1. The summed E-state index contributed by atoms with van der Waals surface area (Å²) in [4.78, 5) is 28.1. The number of hydrogen-bond acceptors (Lipinski definition) is 7. The number of amides is 1. The zero-order valence-electron chi connectivity index (χ0n) is 18.0. The number of ether oxygens (including phenoxy) is 1. The van der Waals surface area contributed by atoms with Crippen LogP contribution >= 0.6 is 0 Å². The lowest BCUT2D eigenvalue weighted by Crippen LogP contribution is -2.46. The number of piperazine rings is 1. The van der Waals surface area contributed by atoms with Crippen molar-refractivity contribution in [3.05, 3.63) is 59.9 Å². The molecule has 2 aromatic carbocycles. The van der Waals surface area contributed by atoms with E-state index in [0.29, 0.717) is 38.4 Å². The average Bonchev–Trinajstić information content (AvgIpc) is 2.86. The fourth-order valence-corrected chi connectivity index (χ4v) is 4.46. The molecule has 1 amide bonds. The summed E-state index contributed by atoms with van der Waals surface area (Å²) in [6.07, 6.45) is 3.52. The summed E-state index contributed by atoms with van der Waals surface area (Å²) >= 11 is 0. The average molecular weight is 434 g/mol. The van der Waals surface area contributed by atoms with E-state index in [0.717, 1.165) is 48.5 Å². The Hall–Kier alpha value is -3.23. The number of phenols is 1. The minimum Gasteiger partial charge on any atom is -0.507 e. The molecule has 2 saturated heterocycles. The van der Waals surface area contributed by atoms with Gasteiger partial charge in [-0.15, -0.1) is 0 Å². The molecule has 0 unspecified atom stereocenters. The molecule has 0 bridgehead atoms. The highest BCUT2D eigenvalue weighted by Crippen LogP contribution is 2.33. The first-order valence-corrected chi connectivity index (χ1v) is 11.1. The van der Waals surface area contributed by atoms with Gasteiger partial charge in [-0.25, -0.2) is 9.97 Å². The largest absolute Gasteiger partial charge is 0.507 e. The van der Waals surface area contributed by atoms with E-state index in [4.69, 9.17) is 4.74 Å². The Morgan fingerprint density at radius 3 is 2.44 bits per heavy atom. The van der Waals surface area contributed by atoms with Gasteiger partial charge in [0, 0.05) is 63.8 Å². The van der Waals surface area contributed by atoms with Crippen molar-refractivity contribution in [1.29, 1.82) is 0 Å². The number of hydrogen-bond donors (Lipinski definition) is 1. The summed E-state index contributed by atoms with van der Waals surface area (Å²) in [5.74, 6) is 0.705. The maximum absolute atomic E-state index is 13.2. The maximum Gasteiger partial charge on any atom is 0.257 e. The third-order valence-electron chi connectivity index (χ3n) is 6.24. The van der Waals surface area contributed by atoms with Crippen LogP contribution in [0.5, 0.6) is 5.75 Å². The van der Waals surface area contributed by atoms with Crippen molar-refractivity contribution in [2.24, 2.45) is 0 Å². The van der Waals surface area contributed by atoms with Crippen LogP contribution in [0.4, 0.5) is 5.95 Å². The normalized spacial score (nSPS) is 17.6. The summed E-state index contributed by atoms with van der Waals surface area (Å²) in [7, 11) is 0. The predicted molar refractivity (Wildman–Crippen MR) is 122 cm³/mol.